The van der Waals surface area contributed by atoms with Gasteiger partial charge in [0.25, 0.3) is 5.56 Å². The second kappa shape index (κ2) is 6.03. The van der Waals surface area contributed by atoms with E-state index in [1.807, 2.05) is 19.2 Å². The molecule has 0 aliphatic carbocycles. The van der Waals surface area contributed by atoms with Gasteiger partial charge in [-0.3, -0.25) is 4.79 Å². The topological polar surface area (TPSA) is 52.2 Å². The van der Waals surface area contributed by atoms with E-state index in [1.54, 1.807) is 24.3 Å². The standard InChI is InChI=1S/C16H15FN4O/c1-20(10-12-6-8-13(17)9-7-12)11-21-16(22)14-4-2-3-5-15(14)18-19-21/h2-9H,10-11H2,1H3/p+1. The number of nitrogens with one attached hydrogen (secondary N) is 1. The molecule has 0 saturated carbocycles. The van der Waals surface area contributed by atoms with Gasteiger partial charge in [-0.25, -0.2) is 4.39 Å². The molecular weight excluding hydrogens is 283 g/mol. The summed E-state index contributed by atoms with van der Waals surface area (Å²) in [7, 11) is 1.95. The summed E-state index contributed by atoms with van der Waals surface area (Å²) >= 11 is 0. The molecule has 1 unspecified atom stereocenters. The van der Waals surface area contributed by atoms with E-state index in [4.69, 9.17) is 0 Å². The summed E-state index contributed by atoms with van der Waals surface area (Å²) in [5.74, 6) is -0.252. The molecule has 0 fully saturated rings. The molecular formula is C16H16FN4O+. The lowest BCUT2D eigenvalue weighted by molar-refractivity contribution is -0.917. The molecule has 5 nitrogen and oxygen atoms in total. The Bertz CT molecular complexity index is 845. The fourth-order valence-electron chi connectivity index (χ4n) is 2.39. The fourth-order valence-corrected chi connectivity index (χ4v) is 2.39. The van der Waals surface area contributed by atoms with Crippen molar-refractivity contribution in [2.75, 3.05) is 7.05 Å². The largest absolute Gasteiger partial charge is 0.315 e. The van der Waals surface area contributed by atoms with Crippen molar-refractivity contribution in [3.63, 3.8) is 0 Å². The molecule has 0 bridgehead atoms. The highest BCUT2D eigenvalue weighted by atomic mass is 19.1. The smallest absolute Gasteiger partial charge is 0.282 e. The number of fused-ring (bicyclic) bond motifs is 1. The first-order valence-corrected chi connectivity index (χ1v) is 7.02. The maximum Gasteiger partial charge on any atom is 0.282 e. The third-order valence-corrected chi connectivity index (χ3v) is 3.47. The van der Waals surface area contributed by atoms with Crippen LogP contribution in [0, 0.1) is 5.82 Å². The van der Waals surface area contributed by atoms with Gasteiger partial charge in [-0.1, -0.05) is 29.5 Å². The van der Waals surface area contributed by atoms with Gasteiger partial charge >= 0.3 is 0 Å². The third-order valence-electron chi connectivity index (χ3n) is 3.47. The highest BCUT2D eigenvalue weighted by Crippen LogP contribution is 2.03. The quantitative estimate of drug-likeness (QED) is 0.768. The van der Waals surface area contributed by atoms with Crippen LogP contribution in [0.4, 0.5) is 4.39 Å². The molecule has 22 heavy (non-hydrogen) atoms. The van der Waals surface area contributed by atoms with Crippen molar-refractivity contribution < 1.29 is 9.29 Å². The highest BCUT2D eigenvalue weighted by molar-refractivity contribution is 5.76. The van der Waals surface area contributed by atoms with Gasteiger partial charge in [-0.05, 0) is 24.3 Å². The Labute approximate surface area is 126 Å². The van der Waals surface area contributed by atoms with Crippen LogP contribution in [-0.4, -0.2) is 22.0 Å². The Morgan fingerprint density at radius 1 is 1.14 bits per heavy atom. The van der Waals surface area contributed by atoms with Gasteiger partial charge in [0, 0.05) is 5.56 Å². The van der Waals surface area contributed by atoms with E-state index in [1.165, 1.54) is 16.8 Å². The van der Waals surface area contributed by atoms with Crippen molar-refractivity contribution in [3.8, 4) is 0 Å². The first-order valence-electron chi connectivity index (χ1n) is 7.02. The molecule has 0 amide bonds. The fraction of sp³-hybridized carbons (Fsp3) is 0.188. The van der Waals surface area contributed by atoms with Crippen LogP contribution in [-0.2, 0) is 13.2 Å². The number of halogens is 1. The van der Waals surface area contributed by atoms with Gasteiger partial charge in [0.15, 0.2) is 6.67 Å². The summed E-state index contributed by atoms with van der Waals surface area (Å²) in [6.45, 7) is 1.06. The zero-order valence-electron chi connectivity index (χ0n) is 12.2. The second-order valence-electron chi connectivity index (χ2n) is 5.33. The molecule has 1 heterocycles. The van der Waals surface area contributed by atoms with Crippen LogP contribution in [0.15, 0.2) is 53.3 Å². The average molecular weight is 299 g/mol. The minimum absolute atomic E-state index is 0.149. The van der Waals surface area contributed by atoms with E-state index in [9.17, 15) is 9.18 Å². The highest BCUT2D eigenvalue weighted by Gasteiger charge is 2.10. The lowest BCUT2D eigenvalue weighted by atomic mass is 10.2. The predicted octanol–water partition coefficient (Wildman–Crippen LogP) is 0.603. The maximum atomic E-state index is 12.9. The van der Waals surface area contributed by atoms with E-state index >= 15 is 0 Å². The molecule has 1 N–H and O–H groups in total. The third kappa shape index (κ3) is 3.01. The average Bonchev–Trinajstić information content (AvgIpc) is 2.53. The Hall–Kier alpha value is -2.60. The molecule has 1 aromatic heterocycles. The molecule has 1 atom stereocenters. The number of hydrogen-bond donors (Lipinski definition) is 1. The first-order chi connectivity index (χ1) is 10.6. The minimum atomic E-state index is -0.252. The molecule has 6 heteroatoms. The summed E-state index contributed by atoms with van der Waals surface area (Å²) in [6.07, 6.45) is 0. The van der Waals surface area contributed by atoms with Crippen LogP contribution in [0.1, 0.15) is 5.56 Å². The minimum Gasteiger partial charge on any atom is -0.315 e. The van der Waals surface area contributed by atoms with Crippen LogP contribution in [0.3, 0.4) is 0 Å². The number of hydrogen-bond acceptors (Lipinski definition) is 3. The SMILES string of the molecule is C[NH+](Cc1ccc(F)cc1)Cn1nnc2ccccc2c1=O. The van der Waals surface area contributed by atoms with Gasteiger partial charge in [-0.15, -0.1) is 5.10 Å². The van der Waals surface area contributed by atoms with Crippen molar-refractivity contribution >= 4 is 10.9 Å². The molecule has 0 saturated heterocycles. The van der Waals surface area contributed by atoms with E-state index in [0.717, 1.165) is 10.5 Å². The number of quaternary nitrogens is 1. The molecule has 3 aromatic rings. The van der Waals surface area contributed by atoms with E-state index in [0.29, 0.717) is 24.1 Å². The summed E-state index contributed by atoms with van der Waals surface area (Å²) in [5, 5.41) is 8.60. The van der Waals surface area contributed by atoms with E-state index < -0.39 is 0 Å². The van der Waals surface area contributed by atoms with Crippen molar-refractivity contribution in [1.82, 2.24) is 15.0 Å². The molecule has 0 aliphatic rings. The number of nitrogens with zero attached hydrogens (tertiary/aromatic N) is 3. The van der Waals surface area contributed by atoms with Gasteiger partial charge in [0.1, 0.15) is 17.9 Å². The Morgan fingerprint density at radius 3 is 2.64 bits per heavy atom. The van der Waals surface area contributed by atoms with Crippen LogP contribution in [0.5, 0.6) is 0 Å². The lowest BCUT2D eigenvalue weighted by Crippen LogP contribution is -3.07. The number of rotatable bonds is 4. The van der Waals surface area contributed by atoms with Gasteiger partial charge in [0.2, 0.25) is 0 Å². The zero-order chi connectivity index (χ0) is 15.5. The molecule has 112 valence electrons. The number of aromatic nitrogens is 3. The van der Waals surface area contributed by atoms with Gasteiger partial charge in [-0.2, -0.15) is 4.68 Å². The predicted molar refractivity (Wildman–Crippen MR) is 80.8 cm³/mol. The summed E-state index contributed by atoms with van der Waals surface area (Å²) in [6, 6.07) is 13.5. The molecule has 3 rings (SSSR count). The van der Waals surface area contributed by atoms with Gasteiger partial charge < -0.3 is 4.90 Å². The lowest BCUT2D eigenvalue weighted by Gasteiger charge is -2.14. The van der Waals surface area contributed by atoms with Crippen LogP contribution in [0.25, 0.3) is 10.9 Å². The first kappa shape index (κ1) is 14.3. The monoisotopic (exact) mass is 299 g/mol. The Balaban J connectivity index is 1.79. The van der Waals surface area contributed by atoms with Crippen LogP contribution in [0.2, 0.25) is 0 Å². The number of benzene rings is 2. The van der Waals surface area contributed by atoms with Crippen molar-refractivity contribution in [1.29, 1.82) is 0 Å². The summed E-state index contributed by atoms with van der Waals surface area (Å²) in [5.41, 5.74) is 1.45. The van der Waals surface area contributed by atoms with Gasteiger partial charge in [0.05, 0.1) is 12.4 Å². The Morgan fingerprint density at radius 2 is 1.86 bits per heavy atom. The second-order valence-corrected chi connectivity index (χ2v) is 5.33. The summed E-state index contributed by atoms with van der Waals surface area (Å²) < 4.78 is 14.3. The summed E-state index contributed by atoms with van der Waals surface area (Å²) in [4.78, 5) is 13.4. The van der Waals surface area contributed by atoms with Crippen molar-refractivity contribution in [2.45, 2.75) is 13.2 Å². The molecule has 0 radical (unpaired) electrons. The molecule has 0 aliphatic heterocycles. The zero-order valence-corrected chi connectivity index (χ0v) is 12.2. The van der Waals surface area contributed by atoms with Crippen molar-refractivity contribution in [3.05, 3.63) is 70.3 Å². The Kier molecular flexibility index (Phi) is 3.93. The molecule has 2 aromatic carbocycles. The van der Waals surface area contributed by atoms with Crippen LogP contribution < -0.4 is 10.5 Å². The van der Waals surface area contributed by atoms with Crippen molar-refractivity contribution in [2.24, 2.45) is 0 Å². The van der Waals surface area contributed by atoms with Crippen LogP contribution >= 0.6 is 0 Å². The maximum absolute atomic E-state index is 12.9. The van der Waals surface area contributed by atoms with E-state index in [-0.39, 0.29) is 11.4 Å². The van der Waals surface area contributed by atoms with E-state index in [2.05, 4.69) is 10.3 Å². The molecule has 0 spiro atoms. The normalized spacial score (nSPS) is 12.5.